The fourth-order valence-electron chi connectivity index (χ4n) is 1.48. The highest BCUT2D eigenvalue weighted by Gasteiger charge is 1.99. The lowest BCUT2D eigenvalue weighted by molar-refractivity contribution is 0.927. The molecule has 0 atom stereocenters. The third kappa shape index (κ3) is 2.73. The van der Waals surface area contributed by atoms with E-state index < -0.39 is 0 Å². The van der Waals surface area contributed by atoms with Crippen molar-refractivity contribution in [2.75, 3.05) is 5.73 Å². The van der Waals surface area contributed by atoms with Crippen molar-refractivity contribution in [3.8, 4) is 0 Å². The molecule has 2 aromatic rings. The Bertz CT molecular complexity index is 451. The second-order valence-electron chi connectivity index (χ2n) is 3.42. The van der Waals surface area contributed by atoms with Gasteiger partial charge in [0.25, 0.3) is 0 Å². The minimum atomic E-state index is 0.469. The quantitative estimate of drug-likeness (QED) is 0.837. The van der Waals surface area contributed by atoms with Gasteiger partial charge in [-0.3, -0.25) is 0 Å². The normalized spacial score (nSPS) is 10.5. The van der Waals surface area contributed by atoms with Crippen LogP contribution in [0.1, 0.15) is 11.3 Å². The molecule has 4 heteroatoms. The Hall–Kier alpha value is -1.48. The van der Waals surface area contributed by atoms with Crippen LogP contribution in [0.15, 0.2) is 30.5 Å². The van der Waals surface area contributed by atoms with Crippen LogP contribution in [0.25, 0.3) is 0 Å². The first-order valence-electron chi connectivity index (χ1n) is 4.78. The Kier molecular flexibility index (Phi) is 2.92. The molecule has 0 saturated heterocycles. The fourth-order valence-corrected chi connectivity index (χ4v) is 1.69. The minimum Gasteiger partial charge on any atom is -0.369 e. The number of benzene rings is 1. The molecule has 0 saturated carbocycles. The molecule has 0 unspecified atom stereocenters. The van der Waals surface area contributed by atoms with Crippen molar-refractivity contribution in [3.05, 3.63) is 46.7 Å². The smallest absolute Gasteiger partial charge is 0.197 e. The predicted molar refractivity (Wildman–Crippen MR) is 61.9 cm³/mol. The van der Waals surface area contributed by atoms with Gasteiger partial charge in [-0.2, -0.15) is 0 Å². The van der Waals surface area contributed by atoms with E-state index in [-0.39, 0.29) is 0 Å². The van der Waals surface area contributed by atoms with E-state index in [1.165, 1.54) is 5.56 Å². The van der Waals surface area contributed by atoms with Gasteiger partial charge < -0.3 is 10.7 Å². The zero-order valence-electron chi connectivity index (χ0n) is 8.20. The van der Waals surface area contributed by atoms with Crippen molar-refractivity contribution in [2.45, 2.75) is 12.8 Å². The Morgan fingerprint density at radius 2 is 2.20 bits per heavy atom. The maximum Gasteiger partial charge on any atom is 0.197 e. The number of nitrogen functional groups attached to an aromatic ring is 1. The van der Waals surface area contributed by atoms with E-state index in [1.807, 2.05) is 18.2 Å². The van der Waals surface area contributed by atoms with Gasteiger partial charge in [-0.05, 0) is 30.5 Å². The van der Waals surface area contributed by atoms with E-state index in [0.29, 0.717) is 5.95 Å². The van der Waals surface area contributed by atoms with Crippen LogP contribution in [-0.4, -0.2) is 9.97 Å². The highest BCUT2D eigenvalue weighted by Crippen LogP contribution is 2.12. The number of aromatic amines is 1. The number of anilines is 1. The van der Waals surface area contributed by atoms with Crippen LogP contribution in [0.2, 0.25) is 5.02 Å². The van der Waals surface area contributed by atoms with E-state index in [0.717, 1.165) is 23.6 Å². The molecule has 78 valence electrons. The molecule has 0 radical (unpaired) electrons. The lowest BCUT2D eigenvalue weighted by atomic mass is 10.1. The molecular formula is C11H12ClN3. The molecule has 1 aromatic heterocycles. The van der Waals surface area contributed by atoms with Crippen molar-refractivity contribution in [1.82, 2.24) is 9.97 Å². The fraction of sp³-hybridized carbons (Fsp3) is 0.182. The largest absolute Gasteiger partial charge is 0.369 e. The molecule has 3 nitrogen and oxygen atoms in total. The molecule has 15 heavy (non-hydrogen) atoms. The number of rotatable bonds is 3. The SMILES string of the molecule is Nc1ncc(CCc2cccc(Cl)c2)[nH]1. The zero-order valence-corrected chi connectivity index (χ0v) is 8.96. The lowest BCUT2D eigenvalue weighted by Gasteiger charge is -2.00. The second kappa shape index (κ2) is 4.36. The van der Waals surface area contributed by atoms with E-state index in [2.05, 4.69) is 16.0 Å². The monoisotopic (exact) mass is 221 g/mol. The van der Waals surface area contributed by atoms with Crippen LogP contribution in [0, 0.1) is 0 Å². The summed E-state index contributed by atoms with van der Waals surface area (Å²) in [7, 11) is 0. The Labute approximate surface area is 93.3 Å². The topological polar surface area (TPSA) is 54.7 Å². The molecule has 0 amide bonds. The van der Waals surface area contributed by atoms with E-state index in [1.54, 1.807) is 6.20 Å². The third-order valence-corrected chi connectivity index (χ3v) is 2.46. The standard InChI is InChI=1S/C11H12ClN3/c12-9-3-1-2-8(6-9)4-5-10-7-14-11(13)15-10/h1-3,6-7H,4-5H2,(H3,13,14,15). The average Bonchev–Trinajstić information content (AvgIpc) is 2.62. The first-order chi connectivity index (χ1) is 7.24. The minimum absolute atomic E-state index is 0.469. The Morgan fingerprint density at radius 1 is 1.33 bits per heavy atom. The van der Waals surface area contributed by atoms with Gasteiger partial charge in [0, 0.05) is 10.7 Å². The summed E-state index contributed by atoms with van der Waals surface area (Å²) in [6, 6.07) is 7.87. The molecule has 0 aliphatic rings. The summed E-state index contributed by atoms with van der Waals surface area (Å²) in [5.74, 6) is 0.469. The number of nitrogens with one attached hydrogen (secondary N) is 1. The molecular weight excluding hydrogens is 210 g/mol. The molecule has 2 rings (SSSR count). The summed E-state index contributed by atoms with van der Waals surface area (Å²) in [4.78, 5) is 6.94. The van der Waals surface area contributed by atoms with E-state index >= 15 is 0 Å². The van der Waals surface area contributed by atoms with E-state index in [4.69, 9.17) is 17.3 Å². The highest BCUT2D eigenvalue weighted by atomic mass is 35.5. The van der Waals surface area contributed by atoms with Crippen LogP contribution >= 0.6 is 11.6 Å². The maximum absolute atomic E-state index is 5.89. The van der Waals surface area contributed by atoms with Gasteiger partial charge in [0.1, 0.15) is 0 Å². The van der Waals surface area contributed by atoms with Crippen molar-refractivity contribution in [3.63, 3.8) is 0 Å². The Morgan fingerprint density at radius 3 is 2.87 bits per heavy atom. The van der Waals surface area contributed by atoms with Crippen molar-refractivity contribution < 1.29 is 0 Å². The van der Waals surface area contributed by atoms with Gasteiger partial charge in [-0.1, -0.05) is 23.7 Å². The predicted octanol–water partition coefficient (Wildman–Crippen LogP) is 2.43. The van der Waals surface area contributed by atoms with Crippen molar-refractivity contribution >= 4 is 17.5 Å². The van der Waals surface area contributed by atoms with Crippen molar-refractivity contribution in [2.24, 2.45) is 0 Å². The summed E-state index contributed by atoms with van der Waals surface area (Å²) in [6.45, 7) is 0. The van der Waals surface area contributed by atoms with Gasteiger partial charge in [0.2, 0.25) is 0 Å². The number of nitrogens with zero attached hydrogens (tertiary/aromatic N) is 1. The van der Waals surface area contributed by atoms with Gasteiger partial charge in [0.05, 0.1) is 6.20 Å². The second-order valence-corrected chi connectivity index (χ2v) is 3.86. The van der Waals surface area contributed by atoms with Gasteiger partial charge in [-0.25, -0.2) is 4.98 Å². The van der Waals surface area contributed by atoms with Gasteiger partial charge >= 0.3 is 0 Å². The summed E-state index contributed by atoms with van der Waals surface area (Å²) >= 11 is 5.89. The number of aryl methyl sites for hydroxylation is 2. The molecule has 0 bridgehead atoms. The molecule has 1 aromatic carbocycles. The van der Waals surface area contributed by atoms with Crippen LogP contribution in [0.5, 0.6) is 0 Å². The summed E-state index contributed by atoms with van der Waals surface area (Å²) in [5, 5.41) is 0.775. The Balaban J connectivity index is 1.99. The first kappa shape index (κ1) is 10.1. The average molecular weight is 222 g/mol. The number of halogens is 1. The van der Waals surface area contributed by atoms with Crippen LogP contribution in [0.3, 0.4) is 0 Å². The molecule has 0 spiro atoms. The van der Waals surface area contributed by atoms with Crippen molar-refractivity contribution in [1.29, 1.82) is 0 Å². The van der Waals surface area contributed by atoms with Gasteiger partial charge in [0.15, 0.2) is 5.95 Å². The number of hydrogen-bond acceptors (Lipinski definition) is 2. The number of imidazole rings is 1. The maximum atomic E-state index is 5.89. The number of nitrogens with two attached hydrogens (primary N) is 1. The van der Waals surface area contributed by atoms with Crippen LogP contribution in [0.4, 0.5) is 5.95 Å². The highest BCUT2D eigenvalue weighted by molar-refractivity contribution is 6.30. The van der Waals surface area contributed by atoms with E-state index in [9.17, 15) is 0 Å². The zero-order chi connectivity index (χ0) is 10.7. The number of aromatic nitrogens is 2. The first-order valence-corrected chi connectivity index (χ1v) is 5.15. The van der Waals surface area contributed by atoms with Crippen LogP contribution < -0.4 is 5.73 Å². The molecule has 1 heterocycles. The summed E-state index contributed by atoms with van der Waals surface area (Å²) < 4.78 is 0. The summed E-state index contributed by atoms with van der Waals surface area (Å²) in [5.41, 5.74) is 7.75. The summed E-state index contributed by atoms with van der Waals surface area (Å²) in [6.07, 6.45) is 3.59. The number of H-pyrrole nitrogens is 1. The van der Waals surface area contributed by atoms with Crippen LogP contribution in [-0.2, 0) is 12.8 Å². The lowest BCUT2D eigenvalue weighted by Crippen LogP contribution is -1.92. The number of hydrogen-bond donors (Lipinski definition) is 2. The third-order valence-electron chi connectivity index (χ3n) is 2.22. The molecule has 0 fully saturated rings. The van der Waals surface area contributed by atoms with Gasteiger partial charge in [-0.15, -0.1) is 0 Å². The molecule has 0 aliphatic carbocycles. The molecule has 3 N–H and O–H groups in total. The molecule has 0 aliphatic heterocycles.